The first-order valence-corrected chi connectivity index (χ1v) is 5.29. The SMILES string of the molecule is CC(=O)Nc1cccc(C(O)C(O)CN=[N+]=[N-])c1. The van der Waals surface area contributed by atoms with Gasteiger partial charge in [0.15, 0.2) is 0 Å². The monoisotopic (exact) mass is 250 g/mol. The summed E-state index contributed by atoms with van der Waals surface area (Å²) in [5.74, 6) is -0.226. The lowest BCUT2D eigenvalue weighted by Gasteiger charge is -2.17. The molecule has 0 bridgehead atoms. The summed E-state index contributed by atoms with van der Waals surface area (Å²) in [5, 5.41) is 25.2. The van der Waals surface area contributed by atoms with Crippen LogP contribution in [0.1, 0.15) is 18.6 Å². The van der Waals surface area contributed by atoms with E-state index >= 15 is 0 Å². The fourth-order valence-corrected chi connectivity index (χ4v) is 1.45. The number of aliphatic hydroxyl groups is 2. The van der Waals surface area contributed by atoms with Crippen LogP contribution in [-0.4, -0.2) is 28.8 Å². The van der Waals surface area contributed by atoms with Gasteiger partial charge in [-0.1, -0.05) is 17.2 Å². The number of benzene rings is 1. The predicted molar refractivity (Wildman–Crippen MR) is 65.7 cm³/mol. The smallest absolute Gasteiger partial charge is 0.221 e. The first-order chi connectivity index (χ1) is 8.54. The van der Waals surface area contributed by atoms with Gasteiger partial charge in [-0.2, -0.15) is 0 Å². The van der Waals surface area contributed by atoms with Crippen LogP contribution in [0.15, 0.2) is 29.4 Å². The minimum Gasteiger partial charge on any atom is -0.390 e. The molecule has 0 fully saturated rings. The molecule has 0 aliphatic rings. The number of aliphatic hydroxyl groups excluding tert-OH is 2. The molecule has 0 aliphatic carbocycles. The normalized spacial score (nSPS) is 13.3. The number of nitrogens with one attached hydrogen (secondary N) is 1. The number of rotatable bonds is 5. The minimum atomic E-state index is -1.19. The number of azide groups is 1. The van der Waals surface area contributed by atoms with E-state index in [4.69, 9.17) is 5.53 Å². The molecule has 3 N–H and O–H groups in total. The summed E-state index contributed by atoms with van der Waals surface area (Å²) < 4.78 is 0. The lowest BCUT2D eigenvalue weighted by molar-refractivity contribution is -0.114. The summed E-state index contributed by atoms with van der Waals surface area (Å²) in [6.45, 7) is 1.15. The van der Waals surface area contributed by atoms with E-state index in [0.29, 0.717) is 11.3 Å². The van der Waals surface area contributed by atoms with Crippen LogP contribution in [0.3, 0.4) is 0 Å². The molecule has 7 heteroatoms. The maximum absolute atomic E-state index is 10.9. The molecule has 0 spiro atoms. The van der Waals surface area contributed by atoms with E-state index in [1.807, 2.05) is 0 Å². The third-order valence-corrected chi connectivity index (χ3v) is 2.24. The lowest BCUT2D eigenvalue weighted by Crippen LogP contribution is -2.21. The second-order valence-corrected chi connectivity index (χ2v) is 3.73. The van der Waals surface area contributed by atoms with Crippen LogP contribution in [0.25, 0.3) is 10.4 Å². The highest BCUT2D eigenvalue weighted by Crippen LogP contribution is 2.20. The highest BCUT2D eigenvalue weighted by molar-refractivity contribution is 5.88. The van der Waals surface area contributed by atoms with Crippen molar-refractivity contribution < 1.29 is 15.0 Å². The Morgan fingerprint density at radius 3 is 2.89 bits per heavy atom. The Labute approximate surface area is 104 Å². The van der Waals surface area contributed by atoms with Crippen molar-refractivity contribution in [3.05, 3.63) is 40.3 Å². The molecular formula is C11H14N4O3. The fourth-order valence-electron chi connectivity index (χ4n) is 1.45. The zero-order valence-electron chi connectivity index (χ0n) is 9.82. The molecule has 0 heterocycles. The molecule has 7 nitrogen and oxygen atoms in total. The van der Waals surface area contributed by atoms with Crippen LogP contribution in [0.2, 0.25) is 0 Å². The van der Waals surface area contributed by atoms with E-state index < -0.39 is 12.2 Å². The molecule has 0 saturated carbocycles. The molecule has 1 aromatic rings. The Hall–Kier alpha value is -2.08. The van der Waals surface area contributed by atoms with Gasteiger partial charge in [0.25, 0.3) is 0 Å². The van der Waals surface area contributed by atoms with Gasteiger partial charge in [-0.15, -0.1) is 0 Å². The highest BCUT2D eigenvalue weighted by Gasteiger charge is 2.17. The van der Waals surface area contributed by atoms with Gasteiger partial charge >= 0.3 is 0 Å². The van der Waals surface area contributed by atoms with Crippen LogP contribution in [0, 0.1) is 0 Å². The number of amides is 1. The first-order valence-electron chi connectivity index (χ1n) is 5.29. The van der Waals surface area contributed by atoms with Gasteiger partial charge in [0.2, 0.25) is 5.91 Å². The maximum Gasteiger partial charge on any atom is 0.221 e. The molecule has 0 aromatic heterocycles. The van der Waals surface area contributed by atoms with Crippen LogP contribution in [-0.2, 0) is 4.79 Å². The summed E-state index contributed by atoms with van der Waals surface area (Å²) >= 11 is 0. The van der Waals surface area contributed by atoms with E-state index in [0.717, 1.165) is 0 Å². The van der Waals surface area contributed by atoms with Gasteiger partial charge in [-0.05, 0) is 23.2 Å². The van der Waals surface area contributed by atoms with Crippen molar-refractivity contribution in [2.45, 2.75) is 19.1 Å². The summed E-state index contributed by atoms with van der Waals surface area (Å²) in [7, 11) is 0. The molecule has 2 atom stereocenters. The van der Waals surface area contributed by atoms with Crippen molar-refractivity contribution in [2.24, 2.45) is 5.11 Å². The van der Waals surface area contributed by atoms with Crippen LogP contribution < -0.4 is 5.32 Å². The molecular weight excluding hydrogens is 236 g/mol. The zero-order chi connectivity index (χ0) is 13.5. The van der Waals surface area contributed by atoms with Gasteiger partial charge in [0.05, 0.1) is 12.6 Å². The van der Waals surface area contributed by atoms with Crippen LogP contribution in [0.4, 0.5) is 5.69 Å². The number of carbonyl (C=O) groups excluding carboxylic acids is 1. The number of anilines is 1. The fraction of sp³-hybridized carbons (Fsp3) is 0.364. The average Bonchev–Trinajstić information content (AvgIpc) is 2.34. The van der Waals surface area contributed by atoms with Crippen LogP contribution >= 0.6 is 0 Å². The van der Waals surface area contributed by atoms with Crippen LogP contribution in [0.5, 0.6) is 0 Å². The summed E-state index contributed by atoms with van der Waals surface area (Å²) in [6, 6.07) is 6.46. The van der Waals surface area contributed by atoms with Crippen molar-refractivity contribution in [3.8, 4) is 0 Å². The molecule has 0 aliphatic heterocycles. The van der Waals surface area contributed by atoms with Crippen molar-refractivity contribution in [2.75, 3.05) is 11.9 Å². The van der Waals surface area contributed by atoms with Gasteiger partial charge in [-0.25, -0.2) is 0 Å². The Kier molecular flexibility index (Phi) is 5.13. The van der Waals surface area contributed by atoms with Crippen molar-refractivity contribution >= 4 is 11.6 Å². The third kappa shape index (κ3) is 4.06. The van der Waals surface area contributed by atoms with Crippen molar-refractivity contribution in [1.29, 1.82) is 0 Å². The van der Waals surface area contributed by atoms with E-state index in [1.54, 1.807) is 24.3 Å². The number of carbonyl (C=O) groups is 1. The van der Waals surface area contributed by atoms with E-state index in [1.165, 1.54) is 6.92 Å². The molecule has 2 unspecified atom stereocenters. The topological polar surface area (TPSA) is 118 Å². The molecule has 1 amide bonds. The molecule has 18 heavy (non-hydrogen) atoms. The standard InChI is InChI=1S/C11H14N4O3/c1-7(16)14-9-4-2-3-8(5-9)11(18)10(17)6-13-15-12/h2-5,10-11,17-18H,6H2,1H3,(H,14,16). The van der Waals surface area contributed by atoms with Crippen molar-refractivity contribution in [3.63, 3.8) is 0 Å². The van der Waals surface area contributed by atoms with Gasteiger partial charge < -0.3 is 15.5 Å². The summed E-state index contributed by atoms with van der Waals surface area (Å²) in [5.41, 5.74) is 9.08. The second kappa shape index (κ2) is 6.61. The average molecular weight is 250 g/mol. The predicted octanol–water partition coefficient (Wildman–Crippen LogP) is 1.35. The Morgan fingerprint density at radius 2 is 2.28 bits per heavy atom. The number of hydrogen-bond donors (Lipinski definition) is 3. The van der Waals surface area contributed by atoms with Gasteiger partial charge in [-0.3, -0.25) is 4.79 Å². The first kappa shape index (κ1) is 14.0. The van der Waals surface area contributed by atoms with Crippen molar-refractivity contribution in [1.82, 2.24) is 0 Å². The molecule has 0 saturated heterocycles. The molecule has 96 valence electrons. The summed E-state index contributed by atoms with van der Waals surface area (Å²) in [6.07, 6.45) is -2.36. The molecule has 0 radical (unpaired) electrons. The van der Waals surface area contributed by atoms with E-state index in [9.17, 15) is 15.0 Å². The van der Waals surface area contributed by atoms with E-state index in [2.05, 4.69) is 15.3 Å². The van der Waals surface area contributed by atoms with Gasteiger partial charge in [0, 0.05) is 17.5 Å². The maximum atomic E-state index is 10.9. The molecule has 1 rings (SSSR count). The second-order valence-electron chi connectivity index (χ2n) is 3.73. The van der Waals surface area contributed by atoms with Gasteiger partial charge in [0.1, 0.15) is 6.10 Å². The number of hydrogen-bond acceptors (Lipinski definition) is 4. The number of nitrogens with zero attached hydrogens (tertiary/aromatic N) is 3. The molecule has 1 aromatic carbocycles. The zero-order valence-corrected chi connectivity index (χ0v) is 9.82. The largest absolute Gasteiger partial charge is 0.390 e. The summed E-state index contributed by atoms with van der Waals surface area (Å²) in [4.78, 5) is 13.4. The Bertz CT molecular complexity index is 471. The highest BCUT2D eigenvalue weighted by atomic mass is 16.3. The quantitative estimate of drug-likeness (QED) is 0.415. The minimum absolute atomic E-state index is 0.220. The Morgan fingerprint density at radius 1 is 1.56 bits per heavy atom. The Balaban J connectivity index is 2.81. The lowest BCUT2D eigenvalue weighted by atomic mass is 10.0. The third-order valence-electron chi connectivity index (χ3n) is 2.24. The van der Waals surface area contributed by atoms with E-state index in [-0.39, 0.29) is 12.5 Å².